The lowest BCUT2D eigenvalue weighted by molar-refractivity contribution is -0.125. The molecule has 0 radical (unpaired) electrons. The quantitative estimate of drug-likeness (QED) is 0.664. The van der Waals surface area contributed by atoms with Crippen molar-refractivity contribution >= 4 is 11.6 Å². The van der Waals surface area contributed by atoms with Gasteiger partial charge in [0.2, 0.25) is 5.78 Å². The number of carbonyl (C=O) groups is 2. The second-order valence-electron chi connectivity index (χ2n) is 9.67. The number of carbonyl (C=O) groups excluding carboxylic acids is 2. The molecule has 0 N–H and O–H groups in total. The molecule has 0 aromatic heterocycles. The van der Waals surface area contributed by atoms with E-state index in [1.54, 1.807) is 0 Å². The third kappa shape index (κ3) is 2.87. The van der Waals surface area contributed by atoms with Crippen molar-refractivity contribution < 1.29 is 14.3 Å². The van der Waals surface area contributed by atoms with Gasteiger partial charge in [-0.15, -0.1) is 0 Å². The highest BCUT2D eigenvalue weighted by atomic mass is 16.5. The zero-order valence-corrected chi connectivity index (χ0v) is 17.0. The Labute approximate surface area is 163 Å². The predicted molar refractivity (Wildman–Crippen MR) is 105 cm³/mol. The molecule has 3 heteroatoms. The van der Waals surface area contributed by atoms with E-state index in [9.17, 15) is 9.59 Å². The summed E-state index contributed by atoms with van der Waals surface area (Å²) in [5, 5.41) is 0. The van der Waals surface area contributed by atoms with E-state index in [2.05, 4.69) is 25.9 Å². The normalized spacial score (nSPS) is 42.8. The van der Waals surface area contributed by atoms with Crippen LogP contribution in [0.4, 0.5) is 0 Å². The van der Waals surface area contributed by atoms with Crippen LogP contribution in [-0.4, -0.2) is 18.2 Å². The SMILES string of the molecule is CCOC#CC(=O)C1CCC2C3CCC4=CC(=O)CCC4(C)C3CCC12C. The maximum Gasteiger partial charge on any atom is 0.212 e. The maximum atomic E-state index is 12.8. The molecule has 3 nitrogen and oxygen atoms in total. The van der Waals surface area contributed by atoms with Crippen molar-refractivity contribution in [3.05, 3.63) is 11.6 Å². The van der Waals surface area contributed by atoms with E-state index < -0.39 is 0 Å². The smallest absolute Gasteiger partial charge is 0.212 e. The second-order valence-corrected chi connectivity index (χ2v) is 9.67. The van der Waals surface area contributed by atoms with Crippen LogP contribution in [-0.2, 0) is 14.3 Å². The summed E-state index contributed by atoms with van der Waals surface area (Å²) in [6.07, 6.45) is 13.0. The largest absolute Gasteiger partial charge is 0.447 e. The molecule has 6 atom stereocenters. The fourth-order valence-electron chi connectivity index (χ4n) is 7.24. The monoisotopic (exact) mass is 368 g/mol. The predicted octanol–water partition coefficient (Wildman–Crippen LogP) is 4.70. The average molecular weight is 369 g/mol. The van der Waals surface area contributed by atoms with Gasteiger partial charge in [0.05, 0.1) is 6.61 Å². The number of allylic oxidation sites excluding steroid dienone is 1. The highest BCUT2D eigenvalue weighted by molar-refractivity contribution is 5.97. The van der Waals surface area contributed by atoms with Crippen molar-refractivity contribution in [2.75, 3.05) is 6.61 Å². The molecule has 0 saturated heterocycles. The number of Topliss-reactive ketones (excluding diaryl/α,β-unsaturated/α-hetero) is 1. The Bertz CT molecular complexity index is 738. The summed E-state index contributed by atoms with van der Waals surface area (Å²) >= 11 is 0. The number of fused-ring (bicyclic) bond motifs is 5. The summed E-state index contributed by atoms with van der Waals surface area (Å²) in [6, 6.07) is 0. The summed E-state index contributed by atoms with van der Waals surface area (Å²) < 4.78 is 5.08. The molecule has 0 bridgehead atoms. The van der Waals surface area contributed by atoms with Gasteiger partial charge in [-0.05, 0) is 86.5 Å². The first-order valence-electron chi connectivity index (χ1n) is 10.8. The zero-order valence-electron chi connectivity index (χ0n) is 17.0. The van der Waals surface area contributed by atoms with Crippen LogP contribution < -0.4 is 0 Å². The van der Waals surface area contributed by atoms with Gasteiger partial charge in [-0.2, -0.15) is 0 Å². The van der Waals surface area contributed by atoms with Crippen LogP contribution in [0.5, 0.6) is 0 Å². The first kappa shape index (κ1) is 18.8. The van der Waals surface area contributed by atoms with E-state index in [0.29, 0.717) is 36.6 Å². The Kier molecular flexibility index (Phi) is 4.73. The molecule has 0 heterocycles. The molecule has 0 amide bonds. The lowest BCUT2D eigenvalue weighted by Gasteiger charge is -2.58. The van der Waals surface area contributed by atoms with Crippen molar-refractivity contribution in [3.63, 3.8) is 0 Å². The minimum Gasteiger partial charge on any atom is -0.447 e. The number of rotatable bonds is 2. The summed E-state index contributed by atoms with van der Waals surface area (Å²) in [5.41, 5.74) is 1.70. The molecule has 3 fully saturated rings. The minimum absolute atomic E-state index is 0.0640. The Morgan fingerprint density at radius 3 is 2.74 bits per heavy atom. The molecular weight excluding hydrogens is 336 g/mol. The lowest BCUT2D eigenvalue weighted by Crippen LogP contribution is -2.51. The highest BCUT2D eigenvalue weighted by Gasteiger charge is 2.60. The van der Waals surface area contributed by atoms with Crippen molar-refractivity contribution in [2.45, 2.75) is 72.1 Å². The first-order chi connectivity index (χ1) is 12.9. The van der Waals surface area contributed by atoms with E-state index in [-0.39, 0.29) is 22.5 Å². The molecule has 6 unspecified atom stereocenters. The molecular formula is C24H32O3. The van der Waals surface area contributed by atoms with E-state index in [0.717, 1.165) is 32.1 Å². The van der Waals surface area contributed by atoms with Crippen LogP contribution in [0.3, 0.4) is 0 Å². The van der Waals surface area contributed by atoms with Crippen molar-refractivity contribution in [1.82, 2.24) is 0 Å². The van der Waals surface area contributed by atoms with Crippen LogP contribution in [0.1, 0.15) is 72.1 Å². The average Bonchev–Trinajstić information content (AvgIpc) is 3.00. The minimum atomic E-state index is 0.0640. The van der Waals surface area contributed by atoms with Crippen LogP contribution in [0.2, 0.25) is 0 Å². The maximum absolute atomic E-state index is 12.8. The Hall–Kier alpha value is -1.56. The second kappa shape index (κ2) is 6.80. The molecule has 0 aliphatic heterocycles. The third-order valence-corrected chi connectivity index (χ3v) is 8.67. The van der Waals surface area contributed by atoms with Crippen LogP contribution in [0.15, 0.2) is 11.6 Å². The van der Waals surface area contributed by atoms with Crippen LogP contribution >= 0.6 is 0 Å². The van der Waals surface area contributed by atoms with Crippen molar-refractivity contribution in [1.29, 1.82) is 0 Å². The molecule has 4 rings (SSSR count). The number of hydrogen-bond donors (Lipinski definition) is 0. The zero-order chi connectivity index (χ0) is 19.2. The highest BCUT2D eigenvalue weighted by Crippen LogP contribution is 2.66. The van der Waals surface area contributed by atoms with Crippen molar-refractivity contribution in [3.8, 4) is 12.0 Å². The van der Waals surface area contributed by atoms with Gasteiger partial charge in [0.1, 0.15) is 6.11 Å². The summed E-state index contributed by atoms with van der Waals surface area (Å²) in [7, 11) is 0. The topological polar surface area (TPSA) is 43.4 Å². The molecule has 27 heavy (non-hydrogen) atoms. The Morgan fingerprint density at radius 1 is 1.15 bits per heavy atom. The first-order valence-corrected chi connectivity index (χ1v) is 10.8. The standard InChI is InChI=1S/C24H32O3/c1-4-27-14-11-22(26)21-8-7-19-18-6-5-16-15-17(25)9-12-23(16,2)20(18)10-13-24(19,21)3/h15,18-21H,4-10,12-13H2,1-3H3. The molecule has 0 spiro atoms. The molecule has 146 valence electrons. The summed E-state index contributed by atoms with van der Waals surface area (Å²) in [4.78, 5) is 24.7. The van der Waals surface area contributed by atoms with E-state index in [4.69, 9.17) is 4.74 Å². The number of ether oxygens (including phenoxy) is 1. The molecule has 3 saturated carbocycles. The van der Waals surface area contributed by atoms with Crippen molar-refractivity contribution in [2.24, 2.45) is 34.5 Å². The summed E-state index contributed by atoms with van der Waals surface area (Å²) in [6.45, 7) is 7.17. The third-order valence-electron chi connectivity index (χ3n) is 8.67. The lowest BCUT2D eigenvalue weighted by atomic mass is 9.46. The van der Waals surface area contributed by atoms with Gasteiger partial charge >= 0.3 is 0 Å². The Morgan fingerprint density at radius 2 is 1.96 bits per heavy atom. The Balaban J connectivity index is 1.58. The number of hydrogen-bond acceptors (Lipinski definition) is 3. The molecule has 0 aromatic carbocycles. The van der Waals surface area contributed by atoms with Gasteiger partial charge in [-0.3, -0.25) is 9.59 Å². The van der Waals surface area contributed by atoms with Gasteiger partial charge < -0.3 is 4.74 Å². The van der Waals surface area contributed by atoms with Gasteiger partial charge in [0.25, 0.3) is 0 Å². The van der Waals surface area contributed by atoms with E-state index >= 15 is 0 Å². The van der Waals surface area contributed by atoms with Crippen LogP contribution in [0, 0.1) is 46.5 Å². The van der Waals surface area contributed by atoms with Crippen LogP contribution in [0.25, 0.3) is 0 Å². The van der Waals surface area contributed by atoms with Gasteiger partial charge in [0.15, 0.2) is 5.78 Å². The molecule has 0 aromatic rings. The fraction of sp³-hybridized carbons (Fsp3) is 0.750. The molecule has 4 aliphatic rings. The van der Waals surface area contributed by atoms with Gasteiger partial charge in [0, 0.05) is 18.3 Å². The van der Waals surface area contributed by atoms with E-state index in [1.807, 2.05) is 13.0 Å². The fourth-order valence-corrected chi connectivity index (χ4v) is 7.24. The number of ketones is 2. The summed E-state index contributed by atoms with van der Waals surface area (Å²) in [5.74, 6) is 5.21. The van der Waals surface area contributed by atoms with Gasteiger partial charge in [-0.1, -0.05) is 19.4 Å². The van der Waals surface area contributed by atoms with Gasteiger partial charge in [-0.25, -0.2) is 0 Å². The molecule has 4 aliphatic carbocycles. The van der Waals surface area contributed by atoms with E-state index in [1.165, 1.54) is 18.4 Å².